The smallest absolute Gasteiger partial charge is 0.326 e. The highest BCUT2D eigenvalue weighted by atomic mass is 16.6. The second kappa shape index (κ2) is 10.1. The Kier molecular flexibility index (Phi) is 8.16. The lowest BCUT2D eigenvalue weighted by Crippen LogP contribution is -2.46. The third-order valence-electron chi connectivity index (χ3n) is 3.48. The van der Waals surface area contributed by atoms with Gasteiger partial charge in [0, 0.05) is 25.2 Å². The largest absolute Gasteiger partial charge is 0.480 e. The van der Waals surface area contributed by atoms with E-state index in [1.807, 2.05) is 0 Å². The summed E-state index contributed by atoms with van der Waals surface area (Å²) < 4.78 is 9.52. The van der Waals surface area contributed by atoms with Gasteiger partial charge < -0.3 is 19.9 Å². The molecular weight excluding hydrogens is 348 g/mol. The summed E-state index contributed by atoms with van der Waals surface area (Å²) in [6.07, 6.45) is -0.324. The van der Waals surface area contributed by atoms with E-state index < -0.39 is 34.7 Å². The second-order valence-corrected chi connectivity index (χ2v) is 5.28. The Morgan fingerprint density at radius 2 is 1.88 bits per heavy atom. The third-order valence-corrected chi connectivity index (χ3v) is 3.48. The van der Waals surface area contributed by atoms with Crippen LogP contribution in [0.3, 0.4) is 0 Å². The molecular formula is C16H20N2O8. The van der Waals surface area contributed by atoms with E-state index in [1.165, 1.54) is 31.4 Å². The number of ether oxygens (including phenoxy) is 2. The molecule has 0 aromatic heterocycles. The number of hydrogen-bond acceptors (Lipinski definition) is 7. The summed E-state index contributed by atoms with van der Waals surface area (Å²) in [4.78, 5) is 45.4. The van der Waals surface area contributed by atoms with Gasteiger partial charge >= 0.3 is 11.9 Å². The van der Waals surface area contributed by atoms with E-state index in [2.05, 4.69) is 10.1 Å². The number of nitro groups is 1. The first kappa shape index (κ1) is 21.0. The van der Waals surface area contributed by atoms with Crippen LogP contribution in [-0.4, -0.2) is 54.2 Å². The van der Waals surface area contributed by atoms with Crippen molar-refractivity contribution >= 4 is 23.5 Å². The number of esters is 1. The van der Waals surface area contributed by atoms with Gasteiger partial charge in [0.05, 0.1) is 18.0 Å². The van der Waals surface area contributed by atoms with E-state index in [-0.39, 0.29) is 25.3 Å². The van der Waals surface area contributed by atoms with Gasteiger partial charge in [0.1, 0.15) is 12.6 Å². The van der Waals surface area contributed by atoms with Gasteiger partial charge in [-0.25, -0.2) is 4.79 Å². The van der Waals surface area contributed by atoms with Gasteiger partial charge in [0.2, 0.25) is 5.91 Å². The number of carboxylic acids is 1. The first-order valence-corrected chi connectivity index (χ1v) is 7.71. The molecule has 1 aromatic carbocycles. The first-order valence-electron chi connectivity index (χ1n) is 7.71. The Morgan fingerprint density at radius 3 is 2.35 bits per heavy atom. The van der Waals surface area contributed by atoms with E-state index in [1.54, 1.807) is 6.92 Å². The molecule has 1 aromatic rings. The van der Waals surface area contributed by atoms with Gasteiger partial charge in [-0.15, -0.1) is 0 Å². The predicted molar refractivity (Wildman–Crippen MR) is 88.5 cm³/mol. The van der Waals surface area contributed by atoms with E-state index in [4.69, 9.17) is 4.74 Å². The summed E-state index contributed by atoms with van der Waals surface area (Å²) in [5.41, 5.74) is 0.160. The number of aliphatic carboxylic acids is 1. The number of nitro benzene ring substituents is 1. The number of carboxylic acid groups (broad SMARTS) is 1. The molecule has 2 N–H and O–H groups in total. The van der Waals surface area contributed by atoms with Crippen molar-refractivity contribution in [3.8, 4) is 0 Å². The monoisotopic (exact) mass is 368 g/mol. The van der Waals surface area contributed by atoms with Crippen LogP contribution in [0.15, 0.2) is 24.3 Å². The SMILES string of the molecule is CCOC(=O)C[C@H](c1ccc([N+](=O)[O-])cc1)[C@@H](NC(=O)COC)C(=O)O. The number of amides is 1. The van der Waals surface area contributed by atoms with Crippen LogP contribution in [0.1, 0.15) is 24.8 Å². The average molecular weight is 368 g/mol. The van der Waals surface area contributed by atoms with Crippen LogP contribution in [0, 0.1) is 10.1 Å². The van der Waals surface area contributed by atoms with Crippen molar-refractivity contribution < 1.29 is 33.9 Å². The fraction of sp³-hybridized carbons (Fsp3) is 0.438. The number of hydrogen-bond donors (Lipinski definition) is 2. The quantitative estimate of drug-likeness (QED) is 0.351. The summed E-state index contributed by atoms with van der Waals surface area (Å²) in [5, 5.41) is 22.6. The van der Waals surface area contributed by atoms with E-state index >= 15 is 0 Å². The second-order valence-electron chi connectivity index (χ2n) is 5.28. The van der Waals surface area contributed by atoms with Gasteiger partial charge in [0.25, 0.3) is 5.69 Å². The zero-order valence-corrected chi connectivity index (χ0v) is 14.3. The number of nitrogens with one attached hydrogen (secondary N) is 1. The molecule has 142 valence electrons. The van der Waals surface area contributed by atoms with E-state index in [0.29, 0.717) is 5.56 Å². The minimum Gasteiger partial charge on any atom is -0.480 e. The molecule has 0 aliphatic heterocycles. The molecule has 10 heteroatoms. The van der Waals surface area contributed by atoms with Crippen LogP contribution in [0.2, 0.25) is 0 Å². The maximum atomic E-state index is 11.9. The third kappa shape index (κ3) is 6.13. The summed E-state index contributed by atoms with van der Waals surface area (Å²) >= 11 is 0. The number of methoxy groups -OCH3 is 1. The zero-order valence-electron chi connectivity index (χ0n) is 14.3. The maximum absolute atomic E-state index is 11.9. The Morgan fingerprint density at radius 1 is 1.27 bits per heavy atom. The molecule has 26 heavy (non-hydrogen) atoms. The Bertz CT molecular complexity index is 659. The van der Waals surface area contributed by atoms with Crippen molar-refractivity contribution in [3.05, 3.63) is 39.9 Å². The molecule has 0 saturated carbocycles. The molecule has 1 amide bonds. The highest BCUT2D eigenvalue weighted by molar-refractivity contribution is 5.86. The standard InChI is InChI=1S/C16H20N2O8/c1-3-26-14(20)8-12(10-4-6-11(7-5-10)18(23)24)15(16(21)22)17-13(19)9-25-2/h4-7,12,15H,3,8-9H2,1-2H3,(H,17,19)(H,21,22)/t12-,15-/m1/s1. The summed E-state index contributed by atoms with van der Waals surface area (Å²) in [6, 6.07) is 3.65. The molecule has 0 unspecified atom stereocenters. The van der Waals surface area contributed by atoms with Crippen LogP contribution in [0.5, 0.6) is 0 Å². The Balaban J connectivity index is 3.18. The lowest BCUT2D eigenvalue weighted by Gasteiger charge is -2.24. The Labute approximate surface area is 149 Å². The average Bonchev–Trinajstić information content (AvgIpc) is 2.58. The number of rotatable bonds is 10. The lowest BCUT2D eigenvalue weighted by atomic mass is 9.88. The summed E-state index contributed by atoms with van der Waals surface area (Å²) in [7, 11) is 1.28. The van der Waals surface area contributed by atoms with Crippen LogP contribution in [-0.2, 0) is 23.9 Å². The topological polar surface area (TPSA) is 145 Å². The van der Waals surface area contributed by atoms with Crippen LogP contribution in [0.25, 0.3) is 0 Å². The summed E-state index contributed by atoms with van der Waals surface area (Å²) in [5.74, 6) is -3.66. The van der Waals surface area contributed by atoms with Gasteiger partial charge in [0.15, 0.2) is 0 Å². The minimum atomic E-state index is -1.44. The summed E-state index contributed by atoms with van der Waals surface area (Å²) in [6.45, 7) is 1.36. The first-order chi connectivity index (χ1) is 12.3. The van der Waals surface area contributed by atoms with Crippen molar-refractivity contribution in [2.75, 3.05) is 20.3 Å². The highest BCUT2D eigenvalue weighted by Crippen LogP contribution is 2.27. The number of benzene rings is 1. The van der Waals surface area contributed by atoms with Crippen LogP contribution in [0.4, 0.5) is 5.69 Å². The molecule has 1 rings (SSSR count). The zero-order chi connectivity index (χ0) is 19.7. The van der Waals surface area contributed by atoms with Crippen molar-refractivity contribution in [2.45, 2.75) is 25.3 Å². The Hall–Kier alpha value is -3.01. The number of non-ortho nitro benzene ring substituents is 1. The fourth-order valence-corrected chi connectivity index (χ4v) is 2.35. The molecule has 0 aliphatic rings. The molecule has 0 bridgehead atoms. The van der Waals surface area contributed by atoms with E-state index in [0.717, 1.165) is 0 Å². The molecule has 0 heterocycles. The molecule has 10 nitrogen and oxygen atoms in total. The molecule has 0 radical (unpaired) electrons. The molecule has 2 atom stereocenters. The van der Waals surface area contributed by atoms with Crippen molar-refractivity contribution in [3.63, 3.8) is 0 Å². The number of nitrogens with zero attached hydrogens (tertiary/aromatic N) is 1. The lowest BCUT2D eigenvalue weighted by molar-refractivity contribution is -0.384. The van der Waals surface area contributed by atoms with E-state index in [9.17, 15) is 29.6 Å². The minimum absolute atomic E-state index is 0.111. The number of carbonyl (C=O) groups is 3. The van der Waals surface area contributed by atoms with Gasteiger partial charge in [-0.1, -0.05) is 12.1 Å². The molecule has 0 fully saturated rings. The van der Waals surface area contributed by atoms with Crippen LogP contribution < -0.4 is 5.32 Å². The normalized spacial score (nSPS) is 12.7. The predicted octanol–water partition coefficient (Wildman–Crippen LogP) is 0.847. The van der Waals surface area contributed by atoms with Gasteiger partial charge in [-0.3, -0.25) is 19.7 Å². The number of carbonyl (C=O) groups excluding carboxylic acids is 2. The molecule has 0 spiro atoms. The van der Waals surface area contributed by atoms with Crippen LogP contribution >= 0.6 is 0 Å². The van der Waals surface area contributed by atoms with Crippen molar-refractivity contribution in [1.82, 2.24) is 5.32 Å². The maximum Gasteiger partial charge on any atom is 0.326 e. The fourth-order valence-electron chi connectivity index (χ4n) is 2.35. The highest BCUT2D eigenvalue weighted by Gasteiger charge is 2.33. The van der Waals surface area contributed by atoms with Gasteiger partial charge in [-0.2, -0.15) is 0 Å². The van der Waals surface area contributed by atoms with Crippen molar-refractivity contribution in [1.29, 1.82) is 0 Å². The van der Waals surface area contributed by atoms with Crippen molar-refractivity contribution in [2.24, 2.45) is 0 Å². The molecule has 0 saturated heterocycles. The molecule has 0 aliphatic carbocycles. The van der Waals surface area contributed by atoms with Gasteiger partial charge in [-0.05, 0) is 12.5 Å².